The van der Waals surface area contributed by atoms with Crippen molar-refractivity contribution in [2.45, 2.75) is 13.0 Å². The van der Waals surface area contributed by atoms with E-state index in [-0.39, 0.29) is 11.3 Å². The largest absolute Gasteiger partial charge is 0.483 e. The molecule has 0 amide bonds. The van der Waals surface area contributed by atoms with Gasteiger partial charge in [0.25, 0.3) is 12.0 Å². The van der Waals surface area contributed by atoms with Crippen molar-refractivity contribution in [3.8, 4) is 17.0 Å². The number of halogens is 4. The van der Waals surface area contributed by atoms with Gasteiger partial charge in [-0.25, -0.2) is 13.2 Å². The van der Waals surface area contributed by atoms with Crippen LogP contribution in [0.2, 0.25) is 0 Å². The van der Waals surface area contributed by atoms with Crippen LogP contribution in [-0.4, -0.2) is 23.2 Å². The molecule has 0 saturated carbocycles. The molecule has 2 rings (SSSR count). The van der Waals surface area contributed by atoms with Crippen LogP contribution in [0.1, 0.15) is 0 Å². The van der Waals surface area contributed by atoms with E-state index in [1.165, 1.54) is 36.0 Å². The number of hydrogen-bond acceptors (Lipinski definition) is 3. The Morgan fingerprint density at radius 1 is 1.30 bits per heavy atom. The van der Waals surface area contributed by atoms with Crippen molar-refractivity contribution in [2.75, 3.05) is 12.2 Å². The van der Waals surface area contributed by atoms with Crippen molar-refractivity contribution >= 4 is 34.4 Å². The highest BCUT2D eigenvalue weighted by molar-refractivity contribution is 14.1. The molecular formula is C15H13F3INO2S. The summed E-state index contributed by atoms with van der Waals surface area (Å²) < 4.78 is 46.3. The van der Waals surface area contributed by atoms with Gasteiger partial charge in [0.2, 0.25) is 0 Å². The van der Waals surface area contributed by atoms with Gasteiger partial charge in [0.1, 0.15) is 17.5 Å². The zero-order chi connectivity index (χ0) is 17.0. The highest BCUT2D eigenvalue weighted by atomic mass is 127. The standard InChI is InChI=1S/C15H13F3INO2S/c1-23-8-22-9-2-3-10(11(16)6-9)13-5-4-12(19)15(21)20(13)7-14(17)18/h2-6,14H,7-8H2,1H3. The average Bonchev–Trinajstić information content (AvgIpc) is 2.50. The number of rotatable bonds is 6. The lowest BCUT2D eigenvalue weighted by Crippen LogP contribution is -2.26. The van der Waals surface area contributed by atoms with Gasteiger partial charge in [-0.2, -0.15) is 0 Å². The average molecular weight is 455 g/mol. The van der Waals surface area contributed by atoms with Crippen LogP contribution in [0, 0.1) is 9.39 Å². The normalized spacial score (nSPS) is 11.0. The van der Waals surface area contributed by atoms with Crippen LogP contribution in [0.3, 0.4) is 0 Å². The molecule has 0 N–H and O–H groups in total. The summed E-state index contributed by atoms with van der Waals surface area (Å²) in [4.78, 5) is 12.1. The summed E-state index contributed by atoms with van der Waals surface area (Å²) in [5.41, 5.74) is -0.370. The van der Waals surface area contributed by atoms with Gasteiger partial charge in [0.15, 0.2) is 0 Å². The number of nitrogens with zero attached hydrogens (tertiary/aromatic N) is 1. The second-order valence-corrected chi connectivity index (χ2v) is 6.54. The zero-order valence-electron chi connectivity index (χ0n) is 12.1. The Balaban J connectivity index is 2.49. The van der Waals surface area contributed by atoms with Gasteiger partial charge in [0, 0.05) is 11.6 Å². The van der Waals surface area contributed by atoms with Gasteiger partial charge in [0.05, 0.1) is 15.8 Å². The van der Waals surface area contributed by atoms with Gasteiger partial charge >= 0.3 is 0 Å². The van der Waals surface area contributed by atoms with Crippen molar-refractivity contribution in [2.24, 2.45) is 0 Å². The molecular weight excluding hydrogens is 442 g/mol. The van der Waals surface area contributed by atoms with E-state index in [1.54, 1.807) is 28.7 Å². The predicted octanol–water partition coefficient (Wildman–Crippen LogP) is 4.22. The van der Waals surface area contributed by atoms with E-state index in [0.29, 0.717) is 15.3 Å². The molecule has 0 atom stereocenters. The maximum absolute atomic E-state index is 14.3. The summed E-state index contributed by atoms with van der Waals surface area (Å²) in [6.07, 6.45) is -0.865. The molecule has 0 aliphatic heterocycles. The van der Waals surface area contributed by atoms with E-state index < -0.39 is 24.3 Å². The van der Waals surface area contributed by atoms with E-state index in [1.807, 2.05) is 6.26 Å². The number of hydrogen-bond donors (Lipinski definition) is 0. The Hall–Kier alpha value is -1.16. The van der Waals surface area contributed by atoms with E-state index in [9.17, 15) is 18.0 Å². The third kappa shape index (κ3) is 4.43. The summed E-state index contributed by atoms with van der Waals surface area (Å²) in [5.74, 6) is 0.0828. The molecule has 2 aromatic rings. The minimum Gasteiger partial charge on any atom is -0.483 e. The Bertz CT molecular complexity index is 752. The number of alkyl halides is 2. The number of thioether (sulfide) groups is 1. The predicted molar refractivity (Wildman–Crippen MR) is 93.8 cm³/mol. The quantitative estimate of drug-likeness (QED) is 0.483. The van der Waals surface area contributed by atoms with Crippen molar-refractivity contribution in [3.05, 3.63) is 50.1 Å². The second kappa shape index (κ2) is 8.09. The smallest absolute Gasteiger partial charge is 0.264 e. The first-order chi connectivity index (χ1) is 10.9. The Morgan fingerprint density at radius 3 is 2.65 bits per heavy atom. The van der Waals surface area contributed by atoms with E-state index in [2.05, 4.69) is 0 Å². The molecule has 0 fully saturated rings. The van der Waals surface area contributed by atoms with E-state index in [4.69, 9.17) is 4.74 Å². The first-order valence-corrected chi connectivity index (χ1v) is 9.00. The van der Waals surface area contributed by atoms with Crippen LogP contribution in [0.15, 0.2) is 35.1 Å². The summed E-state index contributed by atoms with van der Waals surface area (Å²) in [6, 6.07) is 7.10. The molecule has 3 nitrogen and oxygen atoms in total. The van der Waals surface area contributed by atoms with Crippen LogP contribution in [0.4, 0.5) is 13.2 Å². The molecule has 1 heterocycles. The zero-order valence-corrected chi connectivity index (χ0v) is 15.0. The summed E-state index contributed by atoms with van der Waals surface area (Å²) in [7, 11) is 0. The van der Waals surface area contributed by atoms with Gasteiger partial charge < -0.3 is 9.30 Å². The number of ether oxygens (including phenoxy) is 1. The molecule has 0 aliphatic rings. The molecule has 0 bridgehead atoms. The molecule has 124 valence electrons. The summed E-state index contributed by atoms with van der Waals surface area (Å²) >= 11 is 3.21. The first-order valence-electron chi connectivity index (χ1n) is 6.53. The van der Waals surface area contributed by atoms with Gasteiger partial charge in [-0.1, -0.05) is 0 Å². The molecule has 8 heteroatoms. The fraction of sp³-hybridized carbons (Fsp3) is 0.267. The molecule has 1 aromatic carbocycles. The lowest BCUT2D eigenvalue weighted by atomic mass is 10.1. The Morgan fingerprint density at radius 2 is 2.04 bits per heavy atom. The SMILES string of the molecule is CSCOc1ccc(-c2ccc(I)c(=O)n2CC(F)F)c(F)c1. The fourth-order valence-corrected chi connectivity index (χ4v) is 2.75. The van der Waals surface area contributed by atoms with Crippen LogP contribution < -0.4 is 10.3 Å². The van der Waals surface area contributed by atoms with Crippen LogP contribution in [0.25, 0.3) is 11.3 Å². The van der Waals surface area contributed by atoms with Crippen LogP contribution >= 0.6 is 34.4 Å². The summed E-state index contributed by atoms with van der Waals surface area (Å²) in [5, 5.41) is 0. The summed E-state index contributed by atoms with van der Waals surface area (Å²) in [6.45, 7) is -0.783. The Labute approximate surface area is 149 Å². The highest BCUT2D eigenvalue weighted by Crippen LogP contribution is 2.26. The van der Waals surface area contributed by atoms with E-state index >= 15 is 0 Å². The molecule has 0 unspecified atom stereocenters. The highest BCUT2D eigenvalue weighted by Gasteiger charge is 2.16. The van der Waals surface area contributed by atoms with Crippen LogP contribution in [-0.2, 0) is 6.54 Å². The third-order valence-electron chi connectivity index (χ3n) is 3.01. The lowest BCUT2D eigenvalue weighted by Gasteiger charge is -2.14. The van der Waals surface area contributed by atoms with Gasteiger partial charge in [-0.05, 0) is 53.1 Å². The molecule has 0 radical (unpaired) electrons. The van der Waals surface area contributed by atoms with Crippen LogP contribution in [0.5, 0.6) is 5.75 Å². The van der Waals surface area contributed by atoms with Crippen molar-refractivity contribution in [3.63, 3.8) is 0 Å². The molecule has 23 heavy (non-hydrogen) atoms. The van der Waals surface area contributed by atoms with Gasteiger partial charge in [-0.15, -0.1) is 11.8 Å². The van der Waals surface area contributed by atoms with Gasteiger partial charge in [-0.3, -0.25) is 4.79 Å². The van der Waals surface area contributed by atoms with Crippen molar-refractivity contribution < 1.29 is 17.9 Å². The third-order valence-corrected chi connectivity index (χ3v) is 4.18. The molecule has 0 saturated heterocycles. The maximum Gasteiger partial charge on any atom is 0.264 e. The minimum absolute atomic E-state index is 0.0793. The van der Waals surface area contributed by atoms with Crippen molar-refractivity contribution in [1.29, 1.82) is 0 Å². The number of benzene rings is 1. The fourth-order valence-electron chi connectivity index (χ4n) is 2.03. The number of pyridine rings is 1. The first kappa shape index (κ1) is 18.2. The molecule has 0 aliphatic carbocycles. The molecule has 0 spiro atoms. The topological polar surface area (TPSA) is 31.2 Å². The molecule has 1 aromatic heterocycles. The van der Waals surface area contributed by atoms with E-state index in [0.717, 1.165) is 4.57 Å². The minimum atomic E-state index is -2.71. The van der Waals surface area contributed by atoms with Crippen molar-refractivity contribution in [1.82, 2.24) is 4.57 Å². The maximum atomic E-state index is 14.3. The number of aromatic nitrogens is 1. The monoisotopic (exact) mass is 455 g/mol. The lowest BCUT2D eigenvalue weighted by molar-refractivity contribution is 0.125. The Kier molecular flexibility index (Phi) is 6.40. The second-order valence-electron chi connectivity index (χ2n) is 4.57.